The van der Waals surface area contributed by atoms with Gasteiger partial charge in [-0.15, -0.1) is 6.58 Å². The van der Waals surface area contributed by atoms with E-state index in [-0.39, 0.29) is 0 Å². The van der Waals surface area contributed by atoms with Gasteiger partial charge in [0.2, 0.25) is 0 Å². The highest BCUT2D eigenvalue weighted by Crippen LogP contribution is 2.15. The summed E-state index contributed by atoms with van der Waals surface area (Å²) in [6, 6.07) is 8.22. The van der Waals surface area contributed by atoms with E-state index in [1.807, 2.05) is 30.3 Å². The van der Waals surface area contributed by atoms with Gasteiger partial charge in [0.15, 0.2) is 0 Å². The van der Waals surface area contributed by atoms with E-state index in [2.05, 4.69) is 18.8 Å². The molecular formula is C11H14ClN. The topological polar surface area (TPSA) is 12.0 Å². The van der Waals surface area contributed by atoms with Crippen LogP contribution in [0, 0.1) is 0 Å². The molecule has 13 heavy (non-hydrogen) atoms. The fourth-order valence-electron chi connectivity index (χ4n) is 1.13. The zero-order chi connectivity index (χ0) is 9.68. The average molecular weight is 196 g/mol. The van der Waals surface area contributed by atoms with Gasteiger partial charge in [0, 0.05) is 17.6 Å². The lowest BCUT2D eigenvalue weighted by Gasteiger charge is -2.12. The largest absolute Gasteiger partial charge is 0.307 e. The molecule has 0 radical (unpaired) electrons. The Morgan fingerprint density at radius 1 is 1.46 bits per heavy atom. The number of nitrogens with one attached hydrogen (secondary N) is 1. The van der Waals surface area contributed by atoms with E-state index in [1.54, 1.807) is 0 Å². The summed E-state index contributed by atoms with van der Waals surface area (Å²) in [5, 5.41) is 4.08. The molecule has 2 heteroatoms. The van der Waals surface area contributed by atoms with Crippen molar-refractivity contribution in [3.63, 3.8) is 0 Å². The molecule has 1 atom stereocenters. The van der Waals surface area contributed by atoms with Crippen molar-refractivity contribution in [1.29, 1.82) is 0 Å². The maximum atomic E-state index is 5.78. The molecule has 1 N–H and O–H groups in total. The molecule has 0 aliphatic heterocycles. The second-order valence-electron chi connectivity index (χ2n) is 2.97. The van der Waals surface area contributed by atoms with E-state index in [9.17, 15) is 0 Å². The smallest absolute Gasteiger partial charge is 0.0406 e. The van der Waals surface area contributed by atoms with Gasteiger partial charge in [0.25, 0.3) is 0 Å². The lowest BCUT2D eigenvalue weighted by Crippen LogP contribution is -2.18. The Kier molecular flexibility index (Phi) is 4.00. The normalized spacial score (nSPS) is 12.5. The Bertz CT molecular complexity index is 266. The van der Waals surface area contributed by atoms with Gasteiger partial charge in [0.05, 0.1) is 0 Å². The quantitative estimate of drug-likeness (QED) is 0.728. The van der Waals surface area contributed by atoms with E-state index >= 15 is 0 Å². The second kappa shape index (κ2) is 5.05. The highest BCUT2D eigenvalue weighted by molar-refractivity contribution is 6.30. The summed E-state index contributed by atoms with van der Waals surface area (Å²) in [5.41, 5.74) is 1.24. The van der Waals surface area contributed by atoms with E-state index in [0.29, 0.717) is 6.04 Å². The Hall–Kier alpha value is -0.790. The van der Waals surface area contributed by atoms with E-state index < -0.39 is 0 Å². The van der Waals surface area contributed by atoms with Crippen LogP contribution in [0.2, 0.25) is 5.02 Å². The Morgan fingerprint density at radius 3 is 2.62 bits per heavy atom. The van der Waals surface area contributed by atoms with Crippen LogP contribution in [-0.4, -0.2) is 6.54 Å². The maximum absolute atomic E-state index is 5.78. The number of rotatable bonds is 4. The predicted octanol–water partition coefficient (Wildman–Crippen LogP) is 3.18. The van der Waals surface area contributed by atoms with Crippen LogP contribution in [0.1, 0.15) is 18.5 Å². The Labute approximate surface area is 84.4 Å². The molecule has 0 amide bonds. The van der Waals surface area contributed by atoms with Crippen molar-refractivity contribution in [3.8, 4) is 0 Å². The molecule has 1 nitrogen and oxygen atoms in total. The number of hydrogen-bond donors (Lipinski definition) is 1. The van der Waals surface area contributed by atoms with Crippen molar-refractivity contribution < 1.29 is 0 Å². The molecule has 0 bridgehead atoms. The van der Waals surface area contributed by atoms with Gasteiger partial charge in [-0.3, -0.25) is 0 Å². The second-order valence-corrected chi connectivity index (χ2v) is 3.41. The van der Waals surface area contributed by atoms with E-state index in [1.165, 1.54) is 5.56 Å². The van der Waals surface area contributed by atoms with Gasteiger partial charge < -0.3 is 5.32 Å². The molecule has 70 valence electrons. The van der Waals surface area contributed by atoms with Crippen molar-refractivity contribution in [3.05, 3.63) is 47.5 Å². The number of hydrogen-bond acceptors (Lipinski definition) is 1. The molecular weight excluding hydrogens is 182 g/mol. The molecule has 0 saturated carbocycles. The fraction of sp³-hybridized carbons (Fsp3) is 0.273. The Morgan fingerprint density at radius 2 is 2.08 bits per heavy atom. The first-order valence-electron chi connectivity index (χ1n) is 4.34. The minimum atomic E-state index is 0.343. The van der Waals surface area contributed by atoms with Crippen LogP contribution in [0.5, 0.6) is 0 Å². The third kappa shape index (κ3) is 3.21. The zero-order valence-corrected chi connectivity index (χ0v) is 8.51. The SMILES string of the molecule is C=CCNC(C)c1ccc(Cl)cc1. The van der Waals surface area contributed by atoms with Crippen LogP contribution >= 0.6 is 11.6 Å². The van der Waals surface area contributed by atoms with Crippen molar-refractivity contribution in [1.82, 2.24) is 5.32 Å². The van der Waals surface area contributed by atoms with E-state index in [0.717, 1.165) is 11.6 Å². The van der Waals surface area contributed by atoms with Crippen LogP contribution in [0.25, 0.3) is 0 Å². The van der Waals surface area contributed by atoms with Crippen LogP contribution in [0.4, 0.5) is 0 Å². The van der Waals surface area contributed by atoms with Gasteiger partial charge in [-0.2, -0.15) is 0 Å². The average Bonchev–Trinajstić information content (AvgIpc) is 2.15. The van der Waals surface area contributed by atoms with Crippen molar-refractivity contribution in [2.75, 3.05) is 6.54 Å². The minimum absolute atomic E-state index is 0.343. The van der Waals surface area contributed by atoms with Crippen molar-refractivity contribution >= 4 is 11.6 Å². The molecule has 0 aromatic heterocycles. The molecule has 0 spiro atoms. The maximum Gasteiger partial charge on any atom is 0.0406 e. The highest BCUT2D eigenvalue weighted by atomic mass is 35.5. The van der Waals surface area contributed by atoms with Gasteiger partial charge >= 0.3 is 0 Å². The zero-order valence-electron chi connectivity index (χ0n) is 7.76. The van der Waals surface area contributed by atoms with Gasteiger partial charge in [0.1, 0.15) is 0 Å². The summed E-state index contributed by atoms with van der Waals surface area (Å²) in [5.74, 6) is 0. The molecule has 1 rings (SSSR count). The molecule has 0 saturated heterocycles. The lowest BCUT2D eigenvalue weighted by molar-refractivity contribution is 0.618. The first-order valence-corrected chi connectivity index (χ1v) is 4.71. The number of benzene rings is 1. The monoisotopic (exact) mass is 195 g/mol. The third-order valence-corrected chi connectivity index (χ3v) is 2.19. The third-order valence-electron chi connectivity index (χ3n) is 1.94. The number of halogens is 1. The molecule has 0 heterocycles. The first-order chi connectivity index (χ1) is 6.24. The summed E-state index contributed by atoms with van der Waals surface area (Å²) in [6.45, 7) is 6.60. The van der Waals surface area contributed by atoms with Gasteiger partial charge in [-0.1, -0.05) is 29.8 Å². The van der Waals surface area contributed by atoms with Gasteiger partial charge in [-0.25, -0.2) is 0 Å². The van der Waals surface area contributed by atoms with Gasteiger partial charge in [-0.05, 0) is 24.6 Å². The van der Waals surface area contributed by atoms with Crippen LogP contribution in [0.3, 0.4) is 0 Å². The first kappa shape index (κ1) is 10.3. The molecule has 1 aromatic rings. The minimum Gasteiger partial charge on any atom is -0.307 e. The molecule has 0 fully saturated rings. The predicted molar refractivity (Wildman–Crippen MR) is 58.1 cm³/mol. The molecule has 0 aliphatic rings. The van der Waals surface area contributed by atoms with Crippen LogP contribution in [-0.2, 0) is 0 Å². The summed E-state index contributed by atoms with van der Waals surface area (Å²) in [6.07, 6.45) is 1.85. The highest BCUT2D eigenvalue weighted by Gasteiger charge is 2.01. The van der Waals surface area contributed by atoms with E-state index in [4.69, 9.17) is 11.6 Å². The summed E-state index contributed by atoms with van der Waals surface area (Å²) in [7, 11) is 0. The fourth-order valence-corrected chi connectivity index (χ4v) is 1.26. The summed E-state index contributed by atoms with van der Waals surface area (Å²) >= 11 is 5.78. The standard InChI is InChI=1S/C11H14ClN/c1-3-8-13-9(2)10-4-6-11(12)7-5-10/h3-7,9,13H,1,8H2,2H3. The lowest BCUT2D eigenvalue weighted by atomic mass is 10.1. The summed E-state index contributed by atoms with van der Waals surface area (Å²) in [4.78, 5) is 0. The van der Waals surface area contributed by atoms with Crippen LogP contribution in [0.15, 0.2) is 36.9 Å². The van der Waals surface area contributed by atoms with Crippen molar-refractivity contribution in [2.24, 2.45) is 0 Å². The Balaban J connectivity index is 2.60. The van der Waals surface area contributed by atoms with Crippen LogP contribution < -0.4 is 5.32 Å². The summed E-state index contributed by atoms with van der Waals surface area (Å²) < 4.78 is 0. The molecule has 1 unspecified atom stereocenters. The molecule has 1 aromatic carbocycles. The molecule has 0 aliphatic carbocycles. The van der Waals surface area contributed by atoms with Crippen molar-refractivity contribution in [2.45, 2.75) is 13.0 Å².